The first-order chi connectivity index (χ1) is 4.61. The van der Waals surface area contributed by atoms with Gasteiger partial charge in [-0.05, 0) is 6.92 Å². The Kier molecular flexibility index (Phi) is 2.25. The van der Waals surface area contributed by atoms with Crippen LogP contribution in [-0.2, 0) is 4.74 Å². The van der Waals surface area contributed by atoms with Gasteiger partial charge in [-0.3, -0.25) is 0 Å². The van der Waals surface area contributed by atoms with Gasteiger partial charge in [0, 0.05) is 6.42 Å². The number of aliphatic hydroxyl groups excluding tert-OH is 3. The molecule has 0 amide bonds. The van der Waals surface area contributed by atoms with Crippen LogP contribution < -0.4 is 0 Å². The zero-order chi connectivity index (χ0) is 7.72. The van der Waals surface area contributed by atoms with Gasteiger partial charge in [0.05, 0.1) is 12.2 Å². The fraction of sp³-hybridized carbons (Fsp3) is 1.00. The average Bonchev–Trinajstić information content (AvgIpc) is 1.82. The molecule has 0 saturated carbocycles. The third-order valence-corrected chi connectivity index (χ3v) is 1.69. The third kappa shape index (κ3) is 1.46. The van der Waals surface area contributed by atoms with Crippen molar-refractivity contribution < 1.29 is 20.1 Å². The van der Waals surface area contributed by atoms with Crippen LogP contribution in [0.15, 0.2) is 0 Å². The van der Waals surface area contributed by atoms with Gasteiger partial charge in [-0.25, -0.2) is 0 Å². The summed E-state index contributed by atoms with van der Waals surface area (Å²) < 4.78 is 4.81. The standard InChI is InChI=1S/C6H12O4/c1-3-6(9)4(7)2-5(8)10-3/h3-9H,2H2,1H3/t3?,4-,5+,6-/m0/s1. The Hall–Kier alpha value is -0.160. The summed E-state index contributed by atoms with van der Waals surface area (Å²) in [6.45, 7) is 1.61. The van der Waals surface area contributed by atoms with Gasteiger partial charge in [0.25, 0.3) is 0 Å². The lowest BCUT2D eigenvalue weighted by Crippen LogP contribution is -2.46. The first-order valence-corrected chi connectivity index (χ1v) is 3.31. The Labute approximate surface area is 59.1 Å². The van der Waals surface area contributed by atoms with E-state index in [9.17, 15) is 0 Å². The van der Waals surface area contributed by atoms with Gasteiger partial charge in [-0.15, -0.1) is 0 Å². The predicted octanol–water partition coefficient (Wildman–Crippen LogP) is -1.16. The highest BCUT2D eigenvalue weighted by Crippen LogP contribution is 2.17. The highest BCUT2D eigenvalue weighted by atomic mass is 16.6. The van der Waals surface area contributed by atoms with Gasteiger partial charge in [0.2, 0.25) is 0 Å². The van der Waals surface area contributed by atoms with E-state index in [-0.39, 0.29) is 6.42 Å². The molecule has 1 aliphatic heterocycles. The monoisotopic (exact) mass is 148 g/mol. The molecule has 0 aliphatic carbocycles. The first-order valence-electron chi connectivity index (χ1n) is 3.31. The molecular weight excluding hydrogens is 136 g/mol. The molecule has 4 nitrogen and oxygen atoms in total. The molecule has 0 aromatic carbocycles. The highest BCUT2D eigenvalue weighted by molar-refractivity contribution is 4.78. The van der Waals surface area contributed by atoms with E-state index in [1.165, 1.54) is 0 Å². The molecule has 1 fully saturated rings. The molecule has 0 aromatic rings. The fourth-order valence-corrected chi connectivity index (χ4v) is 1.04. The van der Waals surface area contributed by atoms with Crippen molar-refractivity contribution >= 4 is 0 Å². The maximum absolute atomic E-state index is 9.08. The molecule has 3 N–H and O–H groups in total. The molecule has 60 valence electrons. The minimum atomic E-state index is -0.937. The van der Waals surface area contributed by atoms with Crippen molar-refractivity contribution in [3.63, 3.8) is 0 Å². The molecule has 1 unspecified atom stereocenters. The predicted molar refractivity (Wildman–Crippen MR) is 33.2 cm³/mol. The summed E-state index contributed by atoms with van der Waals surface area (Å²) in [6.07, 6.45) is -3.07. The minimum absolute atomic E-state index is 0.0888. The quantitative estimate of drug-likeness (QED) is 0.405. The zero-order valence-electron chi connectivity index (χ0n) is 5.77. The highest BCUT2D eigenvalue weighted by Gasteiger charge is 2.32. The fourth-order valence-electron chi connectivity index (χ4n) is 1.04. The van der Waals surface area contributed by atoms with Gasteiger partial charge in [-0.1, -0.05) is 0 Å². The maximum atomic E-state index is 9.08. The first kappa shape index (κ1) is 7.94. The normalized spacial score (nSPS) is 49.2. The maximum Gasteiger partial charge on any atom is 0.157 e. The van der Waals surface area contributed by atoms with Crippen LogP contribution in [-0.4, -0.2) is 39.9 Å². The number of rotatable bonds is 0. The van der Waals surface area contributed by atoms with Crippen molar-refractivity contribution in [2.45, 2.75) is 37.9 Å². The van der Waals surface area contributed by atoms with E-state index >= 15 is 0 Å². The van der Waals surface area contributed by atoms with Crippen LogP contribution in [0.5, 0.6) is 0 Å². The summed E-state index contributed by atoms with van der Waals surface area (Å²) >= 11 is 0. The number of hydrogen-bond donors (Lipinski definition) is 3. The molecule has 4 heteroatoms. The van der Waals surface area contributed by atoms with Crippen molar-refractivity contribution in [3.8, 4) is 0 Å². The zero-order valence-corrected chi connectivity index (χ0v) is 5.77. The topological polar surface area (TPSA) is 69.9 Å². The lowest BCUT2D eigenvalue weighted by Gasteiger charge is -2.32. The lowest BCUT2D eigenvalue weighted by molar-refractivity contribution is -0.226. The van der Waals surface area contributed by atoms with Gasteiger partial charge in [0.1, 0.15) is 6.10 Å². The van der Waals surface area contributed by atoms with Crippen LogP contribution in [0.2, 0.25) is 0 Å². The average molecular weight is 148 g/mol. The third-order valence-electron chi connectivity index (χ3n) is 1.69. The van der Waals surface area contributed by atoms with E-state index < -0.39 is 24.6 Å². The second kappa shape index (κ2) is 2.84. The summed E-state index contributed by atoms with van der Waals surface area (Å²) in [4.78, 5) is 0. The Balaban J connectivity index is 2.49. The molecule has 1 aliphatic rings. The molecular formula is C6H12O4. The Morgan fingerprint density at radius 2 is 1.90 bits per heavy atom. The summed E-state index contributed by atoms with van der Waals surface area (Å²) in [5.74, 6) is 0. The summed E-state index contributed by atoms with van der Waals surface area (Å²) in [6, 6.07) is 0. The van der Waals surface area contributed by atoms with Crippen LogP contribution in [0.4, 0.5) is 0 Å². The van der Waals surface area contributed by atoms with Crippen LogP contribution in [0.25, 0.3) is 0 Å². The molecule has 0 radical (unpaired) electrons. The van der Waals surface area contributed by atoms with Gasteiger partial charge < -0.3 is 20.1 Å². The Morgan fingerprint density at radius 1 is 1.30 bits per heavy atom. The molecule has 1 heterocycles. The second-order valence-corrected chi connectivity index (χ2v) is 2.59. The minimum Gasteiger partial charge on any atom is -0.390 e. The SMILES string of the molecule is CC1O[C@@H](O)C[C@H](O)[C@H]1O. The molecule has 0 bridgehead atoms. The lowest BCUT2D eigenvalue weighted by atomic mass is 10.0. The van der Waals surface area contributed by atoms with E-state index in [0.717, 1.165) is 0 Å². The summed E-state index contributed by atoms with van der Waals surface area (Å²) in [7, 11) is 0. The number of aliphatic hydroxyl groups is 3. The van der Waals surface area contributed by atoms with E-state index in [0.29, 0.717) is 0 Å². The molecule has 10 heavy (non-hydrogen) atoms. The smallest absolute Gasteiger partial charge is 0.157 e. The van der Waals surface area contributed by atoms with Crippen molar-refractivity contribution in [2.75, 3.05) is 0 Å². The van der Waals surface area contributed by atoms with E-state index in [1.54, 1.807) is 6.92 Å². The molecule has 4 atom stereocenters. The second-order valence-electron chi connectivity index (χ2n) is 2.59. The van der Waals surface area contributed by atoms with Gasteiger partial charge >= 0.3 is 0 Å². The van der Waals surface area contributed by atoms with Gasteiger partial charge in [0.15, 0.2) is 6.29 Å². The van der Waals surface area contributed by atoms with Crippen LogP contribution in [0, 0.1) is 0 Å². The van der Waals surface area contributed by atoms with Crippen LogP contribution in [0.3, 0.4) is 0 Å². The molecule has 1 saturated heterocycles. The molecule has 0 spiro atoms. The molecule has 0 aromatic heterocycles. The summed E-state index contributed by atoms with van der Waals surface area (Å²) in [5.41, 5.74) is 0. The largest absolute Gasteiger partial charge is 0.390 e. The van der Waals surface area contributed by atoms with E-state index in [2.05, 4.69) is 0 Å². The Bertz CT molecular complexity index is 104. The van der Waals surface area contributed by atoms with Gasteiger partial charge in [-0.2, -0.15) is 0 Å². The van der Waals surface area contributed by atoms with Crippen LogP contribution in [0.1, 0.15) is 13.3 Å². The molecule has 1 rings (SSSR count). The van der Waals surface area contributed by atoms with E-state index in [1.807, 2.05) is 0 Å². The Morgan fingerprint density at radius 3 is 2.40 bits per heavy atom. The van der Waals surface area contributed by atoms with Crippen LogP contribution >= 0.6 is 0 Å². The van der Waals surface area contributed by atoms with Crippen molar-refractivity contribution in [2.24, 2.45) is 0 Å². The van der Waals surface area contributed by atoms with Crippen molar-refractivity contribution in [3.05, 3.63) is 0 Å². The summed E-state index contributed by atoms with van der Waals surface area (Å²) in [5, 5.41) is 27.0. The number of ether oxygens (including phenoxy) is 1. The van der Waals surface area contributed by atoms with Crippen molar-refractivity contribution in [1.82, 2.24) is 0 Å². The van der Waals surface area contributed by atoms with Crippen molar-refractivity contribution in [1.29, 1.82) is 0 Å². The van der Waals surface area contributed by atoms with E-state index in [4.69, 9.17) is 20.1 Å². The number of hydrogen-bond acceptors (Lipinski definition) is 4.